The van der Waals surface area contributed by atoms with Crippen LogP contribution in [0.3, 0.4) is 0 Å². The van der Waals surface area contributed by atoms with Gasteiger partial charge < -0.3 is 5.11 Å². The van der Waals surface area contributed by atoms with Crippen molar-refractivity contribution in [1.82, 2.24) is 0 Å². The molecule has 1 N–H and O–H groups in total. The largest absolute Gasteiger partial charge is 2.00 e. The zero-order valence-corrected chi connectivity index (χ0v) is 13.1. The third kappa shape index (κ3) is 24.1. The molecule has 2 aliphatic carbocycles. The summed E-state index contributed by atoms with van der Waals surface area (Å²) in [7, 11) is 0. The van der Waals surface area contributed by atoms with Gasteiger partial charge in [-0.3, -0.25) is 0 Å². The molecule has 0 heterocycles. The van der Waals surface area contributed by atoms with Gasteiger partial charge in [0.05, 0.1) is 5.60 Å². The van der Waals surface area contributed by atoms with Crippen LogP contribution in [-0.2, 0) is 21.7 Å². The van der Waals surface area contributed by atoms with Gasteiger partial charge in [-0.1, -0.05) is 64.2 Å². The van der Waals surface area contributed by atoms with Crippen LogP contribution in [0.5, 0.6) is 0 Å². The summed E-state index contributed by atoms with van der Waals surface area (Å²) in [4.78, 5) is 0. The predicted octanol–water partition coefficient (Wildman–Crippen LogP) is 4.68. The molecule has 16 heavy (non-hydrogen) atoms. The van der Waals surface area contributed by atoms with E-state index in [1.54, 1.807) is 20.8 Å². The zero-order chi connectivity index (χ0) is 11.6. The quantitative estimate of drug-likeness (QED) is 0.629. The molecular weight excluding hydrogens is 232 g/mol. The van der Waals surface area contributed by atoms with E-state index in [1.165, 1.54) is 64.2 Å². The Morgan fingerprint density at radius 3 is 0.688 bits per heavy atom. The molecule has 1 nitrogen and oxygen atoms in total. The monoisotopic (exact) mass is 262 g/mol. The van der Waals surface area contributed by atoms with Gasteiger partial charge >= 0.3 is 21.7 Å². The summed E-state index contributed by atoms with van der Waals surface area (Å²) in [5.74, 6) is 0. The minimum Gasteiger partial charge on any atom is -0.391 e. The second kappa shape index (κ2) is 12.1. The molecule has 0 radical (unpaired) electrons. The summed E-state index contributed by atoms with van der Waals surface area (Å²) in [5.41, 5.74) is -0.500. The van der Waals surface area contributed by atoms with Crippen molar-refractivity contribution in [3.8, 4) is 0 Å². The topological polar surface area (TPSA) is 20.2 Å². The molecule has 2 saturated carbocycles. The van der Waals surface area contributed by atoms with Crippen LogP contribution in [0.2, 0.25) is 0 Å². The maximum Gasteiger partial charge on any atom is 2.00 e. The van der Waals surface area contributed by atoms with Gasteiger partial charge in [0.15, 0.2) is 0 Å². The molecule has 0 saturated heterocycles. The average Bonchev–Trinajstić information content (AvgIpc) is 2.81. The zero-order valence-electron chi connectivity index (χ0n) is 11.5. The van der Waals surface area contributed by atoms with E-state index in [-0.39, 0.29) is 21.7 Å². The van der Waals surface area contributed by atoms with Crippen molar-refractivity contribution < 1.29 is 26.8 Å². The minimum absolute atomic E-state index is 0. The van der Waals surface area contributed by atoms with E-state index >= 15 is 0 Å². The van der Waals surface area contributed by atoms with Crippen molar-refractivity contribution in [2.24, 2.45) is 0 Å². The van der Waals surface area contributed by atoms with Gasteiger partial charge in [0.1, 0.15) is 0 Å². The normalized spacial score (nSPS) is 18.8. The molecule has 2 fully saturated rings. The second-order valence-electron chi connectivity index (χ2n) is 5.71. The molecular formula is C14H30OTi+2. The van der Waals surface area contributed by atoms with E-state index in [0.29, 0.717) is 0 Å². The van der Waals surface area contributed by atoms with Crippen molar-refractivity contribution >= 4 is 0 Å². The van der Waals surface area contributed by atoms with Crippen LogP contribution in [0.15, 0.2) is 0 Å². The van der Waals surface area contributed by atoms with E-state index in [2.05, 4.69) is 0 Å². The Kier molecular flexibility index (Phi) is 14.4. The first-order chi connectivity index (χ1) is 7.00. The van der Waals surface area contributed by atoms with Crippen LogP contribution in [0.4, 0.5) is 0 Å². The SMILES string of the molecule is C1CCCC1.C1CCCC1.CC(C)(C)O.[Ti+2]. The van der Waals surface area contributed by atoms with Gasteiger partial charge in [0.25, 0.3) is 0 Å². The second-order valence-corrected chi connectivity index (χ2v) is 5.71. The first kappa shape index (κ1) is 19.0. The average molecular weight is 262 g/mol. The molecule has 0 unspecified atom stereocenters. The minimum atomic E-state index is -0.500. The maximum absolute atomic E-state index is 8.52. The fourth-order valence-electron chi connectivity index (χ4n) is 1.77. The van der Waals surface area contributed by atoms with Crippen LogP contribution in [0, 0.1) is 0 Å². The molecule has 2 heteroatoms. The molecule has 0 aromatic carbocycles. The maximum atomic E-state index is 8.52. The molecule has 2 rings (SSSR count). The molecule has 94 valence electrons. The van der Waals surface area contributed by atoms with Gasteiger partial charge in [-0.2, -0.15) is 0 Å². The summed E-state index contributed by atoms with van der Waals surface area (Å²) >= 11 is 0. The molecule has 2 aliphatic rings. The molecule has 0 spiro atoms. The van der Waals surface area contributed by atoms with E-state index < -0.39 is 5.60 Å². The van der Waals surface area contributed by atoms with Gasteiger partial charge in [0.2, 0.25) is 0 Å². The Labute approximate surface area is 117 Å². The van der Waals surface area contributed by atoms with E-state index in [4.69, 9.17) is 5.11 Å². The van der Waals surface area contributed by atoms with Gasteiger partial charge in [0, 0.05) is 0 Å². The van der Waals surface area contributed by atoms with Crippen molar-refractivity contribution in [2.45, 2.75) is 90.6 Å². The summed E-state index contributed by atoms with van der Waals surface area (Å²) in [6.07, 6.45) is 15.0. The Bertz CT molecular complexity index is 90.0. The molecule has 0 amide bonds. The number of aliphatic hydroxyl groups is 1. The number of rotatable bonds is 0. The van der Waals surface area contributed by atoms with Crippen LogP contribution >= 0.6 is 0 Å². The van der Waals surface area contributed by atoms with Gasteiger partial charge in [-0.05, 0) is 20.8 Å². The smallest absolute Gasteiger partial charge is 0.391 e. The van der Waals surface area contributed by atoms with Gasteiger partial charge in [-0.25, -0.2) is 0 Å². The molecule has 0 atom stereocenters. The molecule has 0 aromatic heterocycles. The fourth-order valence-corrected chi connectivity index (χ4v) is 1.77. The van der Waals surface area contributed by atoms with E-state index in [1.807, 2.05) is 0 Å². The molecule has 0 aliphatic heterocycles. The Hall–Kier alpha value is 0.674. The van der Waals surface area contributed by atoms with Crippen molar-refractivity contribution in [2.75, 3.05) is 0 Å². The van der Waals surface area contributed by atoms with E-state index in [9.17, 15) is 0 Å². The van der Waals surface area contributed by atoms with Crippen LogP contribution in [0.25, 0.3) is 0 Å². The fraction of sp³-hybridized carbons (Fsp3) is 1.00. The van der Waals surface area contributed by atoms with Crippen LogP contribution < -0.4 is 0 Å². The summed E-state index contributed by atoms with van der Waals surface area (Å²) in [6, 6.07) is 0. The summed E-state index contributed by atoms with van der Waals surface area (Å²) in [6.45, 7) is 5.23. The Morgan fingerprint density at radius 1 is 0.562 bits per heavy atom. The summed E-state index contributed by atoms with van der Waals surface area (Å²) < 4.78 is 0. The first-order valence-corrected chi connectivity index (χ1v) is 6.72. The number of hydrogen-bond donors (Lipinski definition) is 1. The third-order valence-electron chi connectivity index (χ3n) is 2.50. The predicted molar refractivity (Wildman–Crippen MR) is 68.1 cm³/mol. The third-order valence-corrected chi connectivity index (χ3v) is 2.50. The van der Waals surface area contributed by atoms with Crippen LogP contribution in [0.1, 0.15) is 85.0 Å². The van der Waals surface area contributed by atoms with Crippen molar-refractivity contribution in [1.29, 1.82) is 0 Å². The molecule has 0 aromatic rings. The van der Waals surface area contributed by atoms with Crippen molar-refractivity contribution in [3.63, 3.8) is 0 Å². The Balaban J connectivity index is 0. The van der Waals surface area contributed by atoms with Gasteiger partial charge in [-0.15, -0.1) is 0 Å². The standard InChI is InChI=1S/2C5H10.C4H10O.Ti/c2*1-2-4-5-3-1;1-4(2,3)5;/h2*1-5H2;5H,1-3H3;/q;;;+2. The van der Waals surface area contributed by atoms with Crippen LogP contribution in [-0.4, -0.2) is 10.7 Å². The molecule has 0 bridgehead atoms. The number of hydrogen-bond acceptors (Lipinski definition) is 1. The first-order valence-electron chi connectivity index (χ1n) is 6.72. The summed E-state index contributed by atoms with van der Waals surface area (Å²) in [5, 5.41) is 8.52. The van der Waals surface area contributed by atoms with E-state index in [0.717, 1.165) is 0 Å². The Morgan fingerprint density at radius 2 is 0.625 bits per heavy atom. The van der Waals surface area contributed by atoms with Crippen molar-refractivity contribution in [3.05, 3.63) is 0 Å².